The SMILES string of the molecule is Cc1ccccc1-c1cc[n+](Cc2ccccc2)cc1.FC(F)(F)c1cc([B-](c2cc(C(F)(F)F)cc(C(F)(F)F)c2)(c2cc(C(F)(F)F)cc(C(F)(F)F)c2)c2cc(C(F)(F)F)cc(C(F)(F)F)c2)cc(C(F)(F)F)c1. The van der Waals surface area contributed by atoms with Crippen molar-refractivity contribution in [3.05, 3.63) is 208 Å². The zero-order chi connectivity index (χ0) is 57.7. The highest BCUT2D eigenvalue weighted by Crippen LogP contribution is 2.41. The first kappa shape index (κ1) is 59.1. The van der Waals surface area contributed by atoms with Crippen molar-refractivity contribution in [2.24, 2.45) is 0 Å². The molecular weight excluding hydrogens is 1090 g/mol. The number of hydrogen-bond acceptors (Lipinski definition) is 0. The van der Waals surface area contributed by atoms with Crippen molar-refractivity contribution < 1.29 is 110 Å². The van der Waals surface area contributed by atoms with Gasteiger partial charge in [-0.1, -0.05) is 103 Å². The summed E-state index contributed by atoms with van der Waals surface area (Å²) in [7, 11) is 0. The van der Waals surface area contributed by atoms with Crippen LogP contribution in [0.15, 0.2) is 152 Å². The molecule has 0 aliphatic carbocycles. The van der Waals surface area contributed by atoms with Gasteiger partial charge in [0.15, 0.2) is 18.9 Å². The smallest absolute Gasteiger partial charge is 0.201 e. The lowest BCUT2D eigenvalue weighted by molar-refractivity contribution is -0.688. The van der Waals surface area contributed by atoms with Crippen LogP contribution >= 0.6 is 0 Å². The van der Waals surface area contributed by atoms with Crippen molar-refractivity contribution in [2.45, 2.75) is 62.9 Å². The molecule has 0 saturated heterocycles. The molecule has 7 rings (SSSR count). The van der Waals surface area contributed by atoms with Gasteiger partial charge in [0, 0.05) is 17.7 Å². The average Bonchev–Trinajstić information content (AvgIpc) is 3.30. The highest BCUT2D eigenvalue weighted by molar-refractivity contribution is 7.20. The van der Waals surface area contributed by atoms with E-state index >= 15 is 0 Å². The van der Waals surface area contributed by atoms with Crippen molar-refractivity contribution in [3.8, 4) is 11.1 Å². The Hall–Kier alpha value is -7.15. The Labute approximate surface area is 418 Å². The highest BCUT2D eigenvalue weighted by Gasteiger charge is 2.47. The van der Waals surface area contributed by atoms with E-state index < -0.39 is 195 Å². The maximum Gasteiger partial charge on any atom is 0.416 e. The summed E-state index contributed by atoms with van der Waals surface area (Å²) >= 11 is 0. The molecule has 1 aromatic heterocycles. The first-order valence-electron chi connectivity index (χ1n) is 21.5. The molecule has 0 N–H and O–H groups in total. The third kappa shape index (κ3) is 13.7. The fraction of sp³-hybridized carbons (Fsp3) is 0.196. The molecule has 0 atom stereocenters. The van der Waals surface area contributed by atoms with E-state index in [0.29, 0.717) is 0 Å². The Bertz CT molecular complexity index is 2770. The second-order valence-corrected chi connectivity index (χ2v) is 17.3. The molecule has 0 aliphatic rings. The molecule has 77 heavy (non-hydrogen) atoms. The van der Waals surface area contributed by atoms with Crippen LogP contribution in [0, 0.1) is 6.92 Å². The van der Waals surface area contributed by atoms with E-state index in [-0.39, 0.29) is 0 Å². The van der Waals surface area contributed by atoms with Crippen molar-refractivity contribution in [2.75, 3.05) is 0 Å². The summed E-state index contributed by atoms with van der Waals surface area (Å²) < 4.78 is 343. The molecule has 26 heteroatoms. The third-order valence-electron chi connectivity index (χ3n) is 12.0. The number of halogens is 24. The van der Waals surface area contributed by atoms with E-state index in [0.717, 1.165) is 6.54 Å². The number of aryl methyl sites for hydroxylation is 1. The maximum absolute atomic E-state index is 14.2. The predicted molar refractivity (Wildman–Crippen MR) is 232 cm³/mol. The lowest BCUT2D eigenvalue weighted by Gasteiger charge is -2.46. The van der Waals surface area contributed by atoms with Gasteiger partial charge in [-0.3, -0.25) is 0 Å². The molecule has 0 spiro atoms. The van der Waals surface area contributed by atoms with Gasteiger partial charge in [0.2, 0.25) is 0 Å². The van der Waals surface area contributed by atoms with E-state index in [1.807, 2.05) is 0 Å². The first-order chi connectivity index (χ1) is 35.1. The Morgan fingerprint density at radius 2 is 0.558 bits per heavy atom. The summed E-state index contributed by atoms with van der Waals surface area (Å²) in [4.78, 5) is 0. The predicted octanol–water partition coefficient (Wildman–Crippen LogP) is 15.2. The van der Waals surface area contributed by atoms with Crippen LogP contribution in [0.4, 0.5) is 105 Å². The topological polar surface area (TPSA) is 3.88 Å². The van der Waals surface area contributed by atoms with Crippen LogP contribution in [0.1, 0.15) is 55.6 Å². The molecule has 410 valence electrons. The minimum Gasteiger partial charge on any atom is -0.201 e. The average molecular weight is 1120 g/mol. The van der Waals surface area contributed by atoms with E-state index in [9.17, 15) is 105 Å². The molecule has 0 bridgehead atoms. The molecule has 7 aromatic rings. The van der Waals surface area contributed by atoms with Gasteiger partial charge in [-0.25, -0.2) is 4.57 Å². The van der Waals surface area contributed by atoms with Crippen LogP contribution in [0.25, 0.3) is 11.1 Å². The molecule has 0 saturated carbocycles. The molecule has 0 fully saturated rings. The molecule has 1 nitrogen and oxygen atoms in total. The van der Waals surface area contributed by atoms with Gasteiger partial charge in [0.25, 0.3) is 0 Å². The number of hydrogen-bond donors (Lipinski definition) is 0. The lowest BCUT2D eigenvalue weighted by Crippen LogP contribution is -2.75. The quantitative estimate of drug-likeness (QED) is 0.0851. The monoisotopic (exact) mass is 1120 g/mol. The zero-order valence-corrected chi connectivity index (χ0v) is 38.2. The van der Waals surface area contributed by atoms with E-state index in [1.165, 1.54) is 22.3 Å². The van der Waals surface area contributed by atoms with Crippen LogP contribution in [-0.4, -0.2) is 6.15 Å². The fourth-order valence-electron chi connectivity index (χ4n) is 8.50. The van der Waals surface area contributed by atoms with E-state index in [2.05, 4.69) is 90.6 Å². The largest absolute Gasteiger partial charge is 0.416 e. The van der Waals surface area contributed by atoms with E-state index in [1.54, 1.807) is 0 Å². The molecule has 0 unspecified atom stereocenters. The van der Waals surface area contributed by atoms with Crippen LogP contribution < -0.4 is 26.4 Å². The number of aromatic nitrogens is 1. The number of nitrogens with zero attached hydrogens (tertiary/aromatic N) is 1. The van der Waals surface area contributed by atoms with Gasteiger partial charge in [-0.05, 0) is 47.9 Å². The Morgan fingerprint density at radius 1 is 0.312 bits per heavy atom. The van der Waals surface area contributed by atoms with Crippen LogP contribution in [0.3, 0.4) is 0 Å². The zero-order valence-electron chi connectivity index (χ0n) is 38.2. The number of pyridine rings is 1. The molecule has 1 heterocycles. The highest BCUT2D eigenvalue weighted by atomic mass is 19.4. The summed E-state index contributed by atoms with van der Waals surface area (Å²) in [5.74, 6) is 0. The Balaban J connectivity index is 0.000000397. The standard InChI is InChI=1S/C32H12BF24.C19H18N/c34-25(35,36)13-1-14(26(37,38)39)6-21(5-13)33(22-7-15(27(40,41)42)2-16(8-22)28(43,44)45,23-9-17(29(46,47)48)3-18(10-23)30(49,50)51)24-11-19(31(52,53)54)4-20(12-24)32(55,56)57;1-16-7-5-6-10-19(16)18-11-13-20(14-12-18)15-17-8-3-2-4-9-17/h1-12H;2-14H,15H2,1H3/q-1;+1. The van der Waals surface area contributed by atoms with Crippen LogP contribution in [-0.2, 0) is 56.0 Å². The van der Waals surface area contributed by atoms with Gasteiger partial charge in [-0.2, -0.15) is 127 Å². The van der Waals surface area contributed by atoms with Gasteiger partial charge in [-0.15, -0.1) is 0 Å². The first-order valence-corrected chi connectivity index (χ1v) is 21.5. The summed E-state index contributed by atoms with van der Waals surface area (Å²) in [5.41, 5.74) is -25.0. The van der Waals surface area contributed by atoms with Gasteiger partial charge >= 0.3 is 49.4 Å². The molecule has 6 aromatic carbocycles. The second-order valence-electron chi connectivity index (χ2n) is 17.3. The van der Waals surface area contributed by atoms with Gasteiger partial charge in [0.05, 0.1) is 44.5 Å². The number of alkyl halides is 24. The van der Waals surface area contributed by atoms with Crippen molar-refractivity contribution in [3.63, 3.8) is 0 Å². The Morgan fingerprint density at radius 3 is 0.805 bits per heavy atom. The Kier molecular flexibility index (Phi) is 15.9. The van der Waals surface area contributed by atoms with Crippen molar-refractivity contribution in [1.82, 2.24) is 0 Å². The minimum absolute atomic E-state index is 0.691. The minimum atomic E-state index is -6.13. The number of rotatable bonds is 7. The summed E-state index contributed by atoms with van der Waals surface area (Å²) in [6.45, 7) is 3.06. The fourth-order valence-corrected chi connectivity index (χ4v) is 8.50. The molecule has 0 amide bonds. The lowest BCUT2D eigenvalue weighted by atomic mass is 9.12. The third-order valence-corrected chi connectivity index (χ3v) is 12.0. The van der Waals surface area contributed by atoms with Crippen LogP contribution in [0.5, 0.6) is 0 Å². The van der Waals surface area contributed by atoms with Crippen molar-refractivity contribution in [1.29, 1.82) is 0 Å². The summed E-state index contributed by atoms with van der Waals surface area (Å²) in [6, 6.07) is 14.6. The van der Waals surface area contributed by atoms with Crippen LogP contribution in [0.2, 0.25) is 0 Å². The maximum atomic E-state index is 14.2. The van der Waals surface area contributed by atoms with Gasteiger partial charge in [0.1, 0.15) is 6.15 Å². The van der Waals surface area contributed by atoms with E-state index in [4.69, 9.17) is 0 Å². The summed E-state index contributed by atoms with van der Waals surface area (Å²) in [5, 5.41) is 0. The normalized spacial score (nSPS) is 13.3. The second kappa shape index (κ2) is 20.7. The molecule has 0 radical (unpaired) electrons. The molecular formula is C51H30BF24N. The van der Waals surface area contributed by atoms with Gasteiger partial charge < -0.3 is 0 Å². The number of benzene rings is 6. The van der Waals surface area contributed by atoms with Crippen molar-refractivity contribution >= 4 is 28.0 Å². The molecule has 0 aliphatic heterocycles. The summed E-state index contributed by atoms with van der Waals surface area (Å²) in [6.07, 6.45) is -50.5.